The van der Waals surface area contributed by atoms with Crippen LogP contribution < -0.4 is 5.32 Å². The zero-order chi connectivity index (χ0) is 8.57. The van der Waals surface area contributed by atoms with Gasteiger partial charge in [0, 0.05) is 6.54 Å². The summed E-state index contributed by atoms with van der Waals surface area (Å²) in [5.74, 6) is 0.472. The van der Waals surface area contributed by atoms with Crippen LogP contribution in [0.5, 0.6) is 0 Å². The highest BCUT2D eigenvalue weighted by atomic mass is 16.2. The first-order chi connectivity index (χ1) is 4.80. The van der Waals surface area contributed by atoms with Gasteiger partial charge in [0.2, 0.25) is 5.91 Å². The molecule has 0 aromatic rings. The van der Waals surface area contributed by atoms with Gasteiger partial charge in [0.25, 0.3) is 0 Å². The van der Waals surface area contributed by atoms with Gasteiger partial charge in [-0.15, -0.1) is 0 Å². The molecule has 1 aliphatic rings. The molecule has 10 heavy (non-hydrogen) atoms. The minimum Gasteiger partial charge on any atom is -0.355 e. The standard InChI is InChI=1S/C4H7NO.2C2H6/c1-3-2-5-4(3)6;2*1-2/h3H,2H2,1H3,(H,5,6);2*1-2H3. The maximum absolute atomic E-state index is 10.1. The molecule has 2 heteroatoms. The Labute approximate surface area is 64.0 Å². The molecule has 1 amide bonds. The quantitative estimate of drug-likeness (QED) is 0.517. The highest BCUT2D eigenvalue weighted by molar-refractivity contribution is 5.83. The van der Waals surface area contributed by atoms with Crippen LogP contribution in [0.1, 0.15) is 34.6 Å². The Hall–Kier alpha value is -0.530. The highest BCUT2D eigenvalue weighted by Gasteiger charge is 2.20. The van der Waals surface area contributed by atoms with Gasteiger partial charge in [-0.2, -0.15) is 0 Å². The molecule has 0 aliphatic carbocycles. The fourth-order valence-corrected chi connectivity index (χ4v) is 0.390. The third-order valence-electron chi connectivity index (χ3n) is 1.03. The molecule has 1 fully saturated rings. The molecule has 0 aromatic carbocycles. The van der Waals surface area contributed by atoms with Crippen molar-refractivity contribution >= 4 is 5.91 Å². The molecule has 0 spiro atoms. The van der Waals surface area contributed by atoms with Gasteiger partial charge in [-0.3, -0.25) is 4.79 Å². The van der Waals surface area contributed by atoms with Crippen molar-refractivity contribution in [1.29, 1.82) is 0 Å². The Bertz CT molecular complexity index is 81.3. The molecule has 0 saturated carbocycles. The summed E-state index contributed by atoms with van der Waals surface area (Å²) in [5.41, 5.74) is 0. The van der Waals surface area contributed by atoms with Gasteiger partial charge in [0.05, 0.1) is 5.92 Å². The van der Waals surface area contributed by atoms with Crippen molar-refractivity contribution in [2.24, 2.45) is 5.92 Å². The van der Waals surface area contributed by atoms with Crippen LogP contribution in [0.4, 0.5) is 0 Å². The van der Waals surface area contributed by atoms with Crippen molar-refractivity contribution in [2.45, 2.75) is 34.6 Å². The van der Waals surface area contributed by atoms with Crippen LogP contribution in [0.3, 0.4) is 0 Å². The summed E-state index contributed by atoms with van der Waals surface area (Å²) >= 11 is 0. The van der Waals surface area contributed by atoms with Crippen molar-refractivity contribution in [3.8, 4) is 0 Å². The van der Waals surface area contributed by atoms with Crippen molar-refractivity contribution in [1.82, 2.24) is 5.32 Å². The van der Waals surface area contributed by atoms with E-state index in [1.165, 1.54) is 0 Å². The zero-order valence-electron chi connectivity index (χ0n) is 7.69. The lowest BCUT2D eigenvalue weighted by Crippen LogP contribution is -2.46. The summed E-state index contributed by atoms with van der Waals surface area (Å²) in [6.07, 6.45) is 0. The first kappa shape index (κ1) is 12.2. The summed E-state index contributed by atoms with van der Waals surface area (Å²) in [5, 5.41) is 2.62. The maximum atomic E-state index is 10.1. The van der Waals surface area contributed by atoms with Crippen molar-refractivity contribution in [2.75, 3.05) is 6.54 Å². The SMILES string of the molecule is CC.CC.CC1CNC1=O. The molecule has 1 rings (SSSR count). The fraction of sp³-hybridized carbons (Fsp3) is 0.875. The number of amides is 1. The zero-order valence-corrected chi connectivity index (χ0v) is 7.69. The number of carbonyl (C=O) groups excluding carboxylic acids is 1. The van der Waals surface area contributed by atoms with E-state index in [1.807, 2.05) is 34.6 Å². The Morgan fingerprint density at radius 1 is 1.30 bits per heavy atom. The molecular weight excluding hydrogens is 126 g/mol. The number of carbonyl (C=O) groups is 1. The van der Waals surface area contributed by atoms with Gasteiger partial charge in [-0.25, -0.2) is 0 Å². The average Bonchev–Trinajstić information content (AvgIpc) is 2.08. The first-order valence-electron chi connectivity index (χ1n) is 4.08. The molecule has 0 bridgehead atoms. The van der Waals surface area contributed by atoms with E-state index in [9.17, 15) is 4.79 Å². The molecule has 1 saturated heterocycles. The van der Waals surface area contributed by atoms with E-state index in [1.54, 1.807) is 0 Å². The Morgan fingerprint density at radius 3 is 1.60 bits per heavy atom. The third kappa shape index (κ3) is 4.36. The van der Waals surface area contributed by atoms with Gasteiger partial charge in [-0.05, 0) is 0 Å². The molecule has 1 heterocycles. The van der Waals surface area contributed by atoms with E-state index in [4.69, 9.17) is 0 Å². The van der Waals surface area contributed by atoms with Crippen LogP contribution in [0, 0.1) is 5.92 Å². The molecule has 2 nitrogen and oxygen atoms in total. The molecular formula is C8H19NO. The smallest absolute Gasteiger partial charge is 0.224 e. The van der Waals surface area contributed by atoms with Crippen LogP contribution in [0.25, 0.3) is 0 Å². The van der Waals surface area contributed by atoms with Crippen LogP contribution in [-0.2, 0) is 4.79 Å². The second kappa shape index (κ2) is 8.47. The first-order valence-corrected chi connectivity index (χ1v) is 4.08. The molecule has 1 N–H and O–H groups in total. The number of hydrogen-bond acceptors (Lipinski definition) is 1. The van der Waals surface area contributed by atoms with Crippen LogP contribution in [0.15, 0.2) is 0 Å². The number of nitrogens with one attached hydrogen (secondary N) is 1. The number of hydrogen-bond donors (Lipinski definition) is 1. The van der Waals surface area contributed by atoms with Gasteiger partial charge in [-0.1, -0.05) is 34.6 Å². The minimum absolute atomic E-state index is 0.190. The van der Waals surface area contributed by atoms with E-state index in [0.29, 0.717) is 0 Å². The normalized spacial score (nSPS) is 20.1. The highest BCUT2D eigenvalue weighted by Crippen LogP contribution is 2.00. The molecule has 1 aliphatic heterocycles. The Balaban J connectivity index is 0. The van der Waals surface area contributed by atoms with Gasteiger partial charge in [0.1, 0.15) is 0 Å². The monoisotopic (exact) mass is 145 g/mol. The molecule has 0 radical (unpaired) electrons. The minimum atomic E-state index is 0.190. The summed E-state index contributed by atoms with van der Waals surface area (Å²) in [6, 6.07) is 0. The average molecular weight is 145 g/mol. The fourth-order valence-electron chi connectivity index (χ4n) is 0.390. The largest absolute Gasteiger partial charge is 0.355 e. The van der Waals surface area contributed by atoms with E-state index in [0.717, 1.165) is 6.54 Å². The van der Waals surface area contributed by atoms with Crippen LogP contribution >= 0.6 is 0 Å². The molecule has 1 unspecified atom stereocenters. The van der Waals surface area contributed by atoms with Crippen molar-refractivity contribution in [3.63, 3.8) is 0 Å². The lowest BCUT2D eigenvalue weighted by Gasteiger charge is -2.20. The van der Waals surface area contributed by atoms with E-state index >= 15 is 0 Å². The van der Waals surface area contributed by atoms with Crippen LogP contribution in [0.2, 0.25) is 0 Å². The molecule has 62 valence electrons. The van der Waals surface area contributed by atoms with E-state index < -0.39 is 0 Å². The van der Waals surface area contributed by atoms with E-state index in [2.05, 4.69) is 5.32 Å². The Morgan fingerprint density at radius 2 is 1.60 bits per heavy atom. The summed E-state index contributed by atoms with van der Waals surface area (Å²) < 4.78 is 0. The van der Waals surface area contributed by atoms with Crippen molar-refractivity contribution < 1.29 is 4.79 Å². The second-order valence-electron chi connectivity index (χ2n) is 1.65. The lowest BCUT2D eigenvalue weighted by molar-refractivity contribution is -0.130. The molecule has 1 atom stereocenters. The second-order valence-corrected chi connectivity index (χ2v) is 1.65. The lowest BCUT2D eigenvalue weighted by atomic mass is 10.1. The predicted octanol–water partition coefficient (Wildman–Crippen LogP) is 1.80. The van der Waals surface area contributed by atoms with Crippen molar-refractivity contribution in [3.05, 3.63) is 0 Å². The van der Waals surface area contributed by atoms with Gasteiger partial charge in [0.15, 0.2) is 0 Å². The maximum Gasteiger partial charge on any atom is 0.224 e. The number of rotatable bonds is 0. The molecule has 0 aromatic heterocycles. The van der Waals surface area contributed by atoms with Gasteiger partial charge < -0.3 is 5.32 Å². The summed E-state index contributed by atoms with van der Waals surface area (Å²) in [7, 11) is 0. The van der Waals surface area contributed by atoms with Crippen LogP contribution in [-0.4, -0.2) is 12.5 Å². The number of β-lactam (4-membered cyclic amide) rings is 1. The summed E-state index contributed by atoms with van der Waals surface area (Å²) in [6.45, 7) is 10.8. The predicted molar refractivity (Wildman–Crippen MR) is 44.9 cm³/mol. The Kier molecular flexibility index (Phi) is 10.3. The summed E-state index contributed by atoms with van der Waals surface area (Å²) in [4.78, 5) is 10.1. The third-order valence-corrected chi connectivity index (χ3v) is 1.03. The topological polar surface area (TPSA) is 29.1 Å². The van der Waals surface area contributed by atoms with Gasteiger partial charge >= 0.3 is 0 Å². The van der Waals surface area contributed by atoms with E-state index in [-0.39, 0.29) is 11.8 Å².